The van der Waals surface area contributed by atoms with Crippen molar-refractivity contribution < 1.29 is 4.74 Å². The van der Waals surface area contributed by atoms with E-state index in [4.69, 9.17) is 14.7 Å². The average Bonchev–Trinajstić information content (AvgIpc) is 2.79. The van der Waals surface area contributed by atoms with Crippen LogP contribution < -0.4 is 10.2 Å². The fraction of sp³-hybridized carbons (Fsp3) is 0.0800. The zero-order valence-corrected chi connectivity index (χ0v) is 16.9. The number of para-hydroxylation sites is 2. The zero-order valence-electron chi connectivity index (χ0n) is 16.9. The van der Waals surface area contributed by atoms with Gasteiger partial charge < -0.3 is 4.74 Å². The number of aromatic nitrogens is 1. The van der Waals surface area contributed by atoms with Gasteiger partial charge in [0.15, 0.2) is 5.84 Å². The third-order valence-electron chi connectivity index (χ3n) is 4.63. The Morgan fingerprint density at radius 2 is 1.67 bits per heavy atom. The van der Waals surface area contributed by atoms with E-state index in [0.29, 0.717) is 11.5 Å². The van der Waals surface area contributed by atoms with E-state index in [1.54, 1.807) is 13.3 Å². The molecule has 0 amide bonds. The Hall–Kier alpha value is -3.99. The number of aryl methyl sites for hydroxylation is 1. The molecule has 0 unspecified atom stereocenters. The lowest BCUT2D eigenvalue weighted by Gasteiger charge is -2.08. The maximum Gasteiger partial charge on any atom is 0.173 e. The molecule has 0 saturated carbocycles. The molecule has 3 aromatic carbocycles. The van der Waals surface area contributed by atoms with E-state index in [1.165, 1.54) is 5.56 Å². The number of ether oxygens (including phenoxy) is 1. The monoisotopic (exact) mass is 394 g/mol. The Bertz CT molecular complexity index is 1210. The molecule has 1 heterocycles. The van der Waals surface area contributed by atoms with Crippen LogP contribution in [0, 0.1) is 6.92 Å². The largest absolute Gasteiger partial charge is 0.496 e. The van der Waals surface area contributed by atoms with Gasteiger partial charge in [0.25, 0.3) is 0 Å². The van der Waals surface area contributed by atoms with Crippen LogP contribution >= 0.6 is 0 Å². The van der Waals surface area contributed by atoms with Crippen LogP contribution in [0.3, 0.4) is 0 Å². The van der Waals surface area contributed by atoms with E-state index in [0.717, 1.165) is 27.9 Å². The molecular formula is C25H22N4O. The van der Waals surface area contributed by atoms with E-state index in [9.17, 15) is 0 Å². The number of hydrogen-bond acceptors (Lipinski definition) is 4. The van der Waals surface area contributed by atoms with E-state index in [2.05, 4.69) is 17.5 Å². The number of nitrogens with one attached hydrogen (secondary N) is 1. The number of pyridine rings is 1. The van der Waals surface area contributed by atoms with Crippen LogP contribution in [0.2, 0.25) is 0 Å². The van der Waals surface area contributed by atoms with Gasteiger partial charge in [-0.2, -0.15) is 5.10 Å². The highest BCUT2D eigenvalue weighted by atomic mass is 16.5. The van der Waals surface area contributed by atoms with Crippen molar-refractivity contribution >= 4 is 28.6 Å². The van der Waals surface area contributed by atoms with Gasteiger partial charge in [0.05, 0.1) is 24.5 Å². The smallest absolute Gasteiger partial charge is 0.173 e. The first kappa shape index (κ1) is 19.3. The molecule has 0 radical (unpaired) electrons. The third kappa shape index (κ3) is 4.52. The Kier molecular flexibility index (Phi) is 5.80. The summed E-state index contributed by atoms with van der Waals surface area (Å²) in [4.78, 5) is 9.51. The molecule has 0 fully saturated rings. The van der Waals surface area contributed by atoms with Crippen LogP contribution in [-0.2, 0) is 0 Å². The van der Waals surface area contributed by atoms with Crippen LogP contribution in [0.1, 0.15) is 16.8 Å². The molecule has 4 rings (SSSR count). The Morgan fingerprint density at radius 3 is 2.50 bits per heavy atom. The average molecular weight is 394 g/mol. The summed E-state index contributed by atoms with van der Waals surface area (Å²) in [6, 6.07) is 27.7. The van der Waals surface area contributed by atoms with Gasteiger partial charge in [-0.05, 0) is 43.3 Å². The van der Waals surface area contributed by atoms with Crippen LogP contribution in [0.15, 0.2) is 95.0 Å². The molecule has 4 aromatic rings. The van der Waals surface area contributed by atoms with Crippen molar-refractivity contribution in [2.24, 2.45) is 10.1 Å². The molecule has 0 saturated heterocycles. The first-order valence-corrected chi connectivity index (χ1v) is 9.66. The summed E-state index contributed by atoms with van der Waals surface area (Å²) in [5, 5.41) is 5.47. The highest BCUT2D eigenvalue weighted by molar-refractivity contribution is 6.00. The molecule has 0 aliphatic carbocycles. The molecular weight excluding hydrogens is 372 g/mol. The minimum atomic E-state index is 0.566. The second-order valence-electron chi connectivity index (χ2n) is 6.80. The van der Waals surface area contributed by atoms with Gasteiger partial charge in [0.1, 0.15) is 11.4 Å². The van der Waals surface area contributed by atoms with Crippen molar-refractivity contribution in [3.8, 4) is 5.75 Å². The van der Waals surface area contributed by atoms with Crippen molar-refractivity contribution in [2.45, 2.75) is 6.92 Å². The molecule has 30 heavy (non-hydrogen) atoms. The van der Waals surface area contributed by atoms with Gasteiger partial charge in [-0.3, -0.25) is 5.43 Å². The molecule has 0 bridgehead atoms. The molecule has 5 heteroatoms. The number of aliphatic imine (C=N–C) groups is 1. The van der Waals surface area contributed by atoms with E-state index in [1.807, 2.05) is 84.9 Å². The number of methoxy groups -OCH3 is 1. The molecule has 1 aromatic heterocycles. The van der Waals surface area contributed by atoms with Crippen LogP contribution in [-0.4, -0.2) is 24.1 Å². The molecule has 5 nitrogen and oxygen atoms in total. The van der Waals surface area contributed by atoms with Crippen molar-refractivity contribution in [2.75, 3.05) is 7.11 Å². The quantitative estimate of drug-likeness (QED) is 0.286. The van der Waals surface area contributed by atoms with Gasteiger partial charge in [-0.25, -0.2) is 9.98 Å². The molecule has 1 N–H and O–H groups in total. The summed E-state index contributed by atoms with van der Waals surface area (Å²) in [6.07, 6.45) is 1.71. The summed E-state index contributed by atoms with van der Waals surface area (Å²) >= 11 is 0. The Labute approximate surface area is 175 Å². The number of fused-ring (bicyclic) bond motifs is 1. The van der Waals surface area contributed by atoms with Crippen LogP contribution in [0.5, 0.6) is 5.75 Å². The van der Waals surface area contributed by atoms with Crippen molar-refractivity contribution in [3.05, 3.63) is 102 Å². The number of hydrazone groups is 1. The number of amidine groups is 1. The molecule has 0 atom stereocenters. The fourth-order valence-corrected chi connectivity index (χ4v) is 3.02. The van der Waals surface area contributed by atoms with Crippen molar-refractivity contribution in [1.29, 1.82) is 0 Å². The van der Waals surface area contributed by atoms with E-state index in [-0.39, 0.29) is 0 Å². The highest BCUT2D eigenvalue weighted by Crippen LogP contribution is 2.17. The minimum Gasteiger partial charge on any atom is -0.496 e. The highest BCUT2D eigenvalue weighted by Gasteiger charge is 2.07. The summed E-state index contributed by atoms with van der Waals surface area (Å²) < 4.78 is 5.38. The second-order valence-corrected chi connectivity index (χ2v) is 6.80. The normalized spacial score (nSPS) is 11.7. The molecule has 148 valence electrons. The van der Waals surface area contributed by atoms with Gasteiger partial charge in [0.2, 0.25) is 0 Å². The SMILES string of the molecule is COc1ccccc1C=NNC(=Nc1ccc(C)cc1)c1ccc2ccccc2n1. The summed E-state index contributed by atoms with van der Waals surface area (Å²) in [6.45, 7) is 2.05. The lowest BCUT2D eigenvalue weighted by atomic mass is 10.2. The van der Waals surface area contributed by atoms with Gasteiger partial charge >= 0.3 is 0 Å². The standard InChI is InChI=1S/C25H22N4O/c1-18-11-14-21(15-12-18)27-25(23-16-13-19-7-3-5-9-22(19)28-23)29-26-17-20-8-4-6-10-24(20)30-2/h3-17H,1-2H3,(H,27,29). The Morgan fingerprint density at radius 1 is 0.900 bits per heavy atom. The predicted molar refractivity (Wildman–Crippen MR) is 123 cm³/mol. The maximum absolute atomic E-state index is 5.38. The zero-order chi connectivity index (χ0) is 20.8. The molecule has 0 aliphatic rings. The Balaban J connectivity index is 1.69. The maximum atomic E-state index is 5.38. The van der Waals surface area contributed by atoms with Gasteiger partial charge in [0, 0.05) is 10.9 Å². The lowest BCUT2D eigenvalue weighted by Crippen LogP contribution is -2.20. The van der Waals surface area contributed by atoms with Crippen molar-refractivity contribution in [1.82, 2.24) is 10.4 Å². The molecule has 0 spiro atoms. The molecule has 0 aliphatic heterocycles. The first-order chi connectivity index (χ1) is 14.7. The van der Waals surface area contributed by atoms with Crippen LogP contribution in [0.4, 0.5) is 5.69 Å². The third-order valence-corrected chi connectivity index (χ3v) is 4.63. The predicted octanol–water partition coefficient (Wildman–Crippen LogP) is 5.25. The van der Waals surface area contributed by atoms with Crippen molar-refractivity contribution in [3.63, 3.8) is 0 Å². The van der Waals surface area contributed by atoms with Gasteiger partial charge in [-0.15, -0.1) is 0 Å². The lowest BCUT2D eigenvalue weighted by molar-refractivity contribution is 0.414. The van der Waals surface area contributed by atoms with E-state index >= 15 is 0 Å². The minimum absolute atomic E-state index is 0.566. The number of hydrogen-bond donors (Lipinski definition) is 1. The summed E-state index contributed by atoms with van der Waals surface area (Å²) in [7, 11) is 1.64. The fourth-order valence-electron chi connectivity index (χ4n) is 3.02. The second kappa shape index (κ2) is 9.01. The first-order valence-electron chi connectivity index (χ1n) is 9.66. The summed E-state index contributed by atoms with van der Waals surface area (Å²) in [5.74, 6) is 1.32. The van der Waals surface area contributed by atoms with E-state index < -0.39 is 0 Å². The number of benzene rings is 3. The summed E-state index contributed by atoms with van der Waals surface area (Å²) in [5.41, 5.74) is 7.56. The topological polar surface area (TPSA) is 58.9 Å². The number of rotatable bonds is 5. The number of nitrogens with zero attached hydrogens (tertiary/aromatic N) is 3. The van der Waals surface area contributed by atoms with Crippen LogP contribution in [0.25, 0.3) is 10.9 Å². The van der Waals surface area contributed by atoms with Gasteiger partial charge in [-0.1, -0.05) is 54.1 Å².